The summed E-state index contributed by atoms with van der Waals surface area (Å²) < 4.78 is 13.1. The molecule has 0 spiro atoms. The fraction of sp³-hybridized carbons (Fsp3) is 0.636. The van der Waals surface area contributed by atoms with Crippen LogP contribution >= 0.6 is 0 Å². The van der Waals surface area contributed by atoms with E-state index in [0.717, 1.165) is 61.9 Å². The Morgan fingerprint density at radius 1 is 1.26 bits per heavy atom. The number of guanidine groups is 1. The molecular weight excluding hydrogens is 394 g/mol. The number of nitrogens with zero attached hydrogens (tertiary/aromatic N) is 5. The highest BCUT2D eigenvalue weighted by molar-refractivity contribution is 5.80. The van der Waals surface area contributed by atoms with Crippen molar-refractivity contribution in [2.75, 3.05) is 13.7 Å². The molecule has 0 aromatic carbocycles. The number of fused-ring (bicyclic) bond motifs is 1. The Hall–Kier alpha value is -2.68. The van der Waals surface area contributed by atoms with E-state index < -0.39 is 0 Å². The molecule has 1 fully saturated rings. The summed E-state index contributed by atoms with van der Waals surface area (Å²) in [6.45, 7) is 4.65. The van der Waals surface area contributed by atoms with Gasteiger partial charge in [-0.15, -0.1) is 0 Å². The maximum Gasteiger partial charge on any atom is 0.213 e. The normalized spacial score (nSPS) is 19.3. The monoisotopic (exact) mass is 427 g/mol. The second kappa shape index (κ2) is 10.6. The maximum absolute atomic E-state index is 5.95. The highest BCUT2D eigenvalue weighted by atomic mass is 16.5. The highest BCUT2D eigenvalue weighted by Crippen LogP contribution is 2.23. The molecule has 1 aliphatic heterocycles. The summed E-state index contributed by atoms with van der Waals surface area (Å²) in [6, 6.07) is 4.25. The Balaban J connectivity index is 1.32. The summed E-state index contributed by atoms with van der Waals surface area (Å²) in [5.74, 6) is 3.28. The first kappa shape index (κ1) is 21.5. The van der Waals surface area contributed by atoms with Gasteiger partial charge in [0, 0.05) is 38.4 Å². The van der Waals surface area contributed by atoms with Crippen molar-refractivity contribution in [2.24, 2.45) is 4.99 Å². The van der Waals surface area contributed by atoms with Crippen LogP contribution in [0.2, 0.25) is 0 Å². The quantitative estimate of drug-likeness (QED) is 0.492. The number of aryl methyl sites for hydroxylation is 1. The van der Waals surface area contributed by atoms with E-state index in [-0.39, 0.29) is 6.04 Å². The van der Waals surface area contributed by atoms with Gasteiger partial charge in [0.15, 0.2) is 11.8 Å². The van der Waals surface area contributed by atoms with Crippen molar-refractivity contribution in [3.8, 4) is 5.88 Å². The number of hydrogen-bond acceptors (Lipinski definition) is 6. The van der Waals surface area contributed by atoms with Gasteiger partial charge < -0.3 is 20.1 Å². The van der Waals surface area contributed by atoms with Crippen LogP contribution in [0.15, 0.2) is 23.3 Å². The van der Waals surface area contributed by atoms with Crippen LogP contribution in [-0.4, -0.2) is 51.5 Å². The Morgan fingerprint density at radius 2 is 2.13 bits per heavy atom. The minimum atomic E-state index is 0.253. The smallest absolute Gasteiger partial charge is 0.213 e. The van der Waals surface area contributed by atoms with Crippen LogP contribution in [0.1, 0.15) is 56.2 Å². The lowest BCUT2D eigenvalue weighted by molar-refractivity contribution is 0.177. The van der Waals surface area contributed by atoms with Crippen LogP contribution in [0.5, 0.6) is 5.88 Å². The molecule has 9 nitrogen and oxygen atoms in total. The molecule has 9 heteroatoms. The van der Waals surface area contributed by atoms with E-state index in [4.69, 9.17) is 14.5 Å². The average molecular weight is 428 g/mol. The van der Waals surface area contributed by atoms with Gasteiger partial charge in [0.05, 0.1) is 13.1 Å². The molecule has 4 rings (SSSR count). The molecule has 2 aromatic heterocycles. The Bertz CT molecular complexity index is 859. The molecule has 1 atom stereocenters. The summed E-state index contributed by atoms with van der Waals surface area (Å²) in [5.41, 5.74) is 1.06. The van der Waals surface area contributed by atoms with Crippen molar-refractivity contribution in [3.63, 3.8) is 0 Å². The SMILES string of the molecule is CCNC(=NCc1ccc(OC2CCCC2)nc1)NC1CCc2nc(COC)nn2C1. The van der Waals surface area contributed by atoms with Gasteiger partial charge in [0.25, 0.3) is 0 Å². The molecule has 1 aliphatic carbocycles. The standard InChI is InChI=1S/C22H33N7O2/c1-3-23-22(26-17-9-10-20-27-19(15-30-2)28-29(20)14-17)25-13-16-8-11-21(24-12-16)31-18-6-4-5-7-18/h8,11-12,17-18H,3-7,9-10,13-15H2,1-2H3,(H2,23,25,26). The summed E-state index contributed by atoms with van der Waals surface area (Å²) in [6.07, 6.45) is 8.84. The van der Waals surface area contributed by atoms with Crippen molar-refractivity contribution in [2.45, 2.75) is 77.3 Å². The predicted molar refractivity (Wildman–Crippen MR) is 118 cm³/mol. The molecule has 1 saturated carbocycles. The van der Waals surface area contributed by atoms with Gasteiger partial charge in [0.1, 0.15) is 18.5 Å². The zero-order valence-corrected chi connectivity index (χ0v) is 18.5. The van der Waals surface area contributed by atoms with Gasteiger partial charge in [-0.05, 0) is 44.6 Å². The molecule has 3 heterocycles. The summed E-state index contributed by atoms with van der Waals surface area (Å²) in [5, 5.41) is 11.4. The van der Waals surface area contributed by atoms with E-state index in [9.17, 15) is 0 Å². The molecular formula is C22H33N7O2. The van der Waals surface area contributed by atoms with Crippen molar-refractivity contribution in [1.29, 1.82) is 0 Å². The number of ether oxygens (including phenoxy) is 2. The molecule has 2 N–H and O–H groups in total. The lowest BCUT2D eigenvalue weighted by Crippen LogP contribution is -2.47. The van der Waals surface area contributed by atoms with Crippen molar-refractivity contribution in [1.82, 2.24) is 30.4 Å². The van der Waals surface area contributed by atoms with E-state index >= 15 is 0 Å². The van der Waals surface area contributed by atoms with Gasteiger partial charge in [-0.1, -0.05) is 6.07 Å². The lowest BCUT2D eigenvalue weighted by Gasteiger charge is -2.25. The predicted octanol–water partition coefficient (Wildman–Crippen LogP) is 2.21. The van der Waals surface area contributed by atoms with Gasteiger partial charge in [0.2, 0.25) is 5.88 Å². The zero-order chi connectivity index (χ0) is 21.5. The summed E-state index contributed by atoms with van der Waals surface area (Å²) in [4.78, 5) is 13.8. The first-order valence-corrected chi connectivity index (χ1v) is 11.3. The second-order valence-corrected chi connectivity index (χ2v) is 8.16. The van der Waals surface area contributed by atoms with E-state index in [1.54, 1.807) is 7.11 Å². The van der Waals surface area contributed by atoms with Crippen molar-refractivity contribution >= 4 is 5.96 Å². The molecule has 31 heavy (non-hydrogen) atoms. The Kier molecular flexibility index (Phi) is 7.35. The number of aromatic nitrogens is 4. The molecule has 168 valence electrons. The summed E-state index contributed by atoms with van der Waals surface area (Å²) >= 11 is 0. The third-order valence-electron chi connectivity index (χ3n) is 5.67. The van der Waals surface area contributed by atoms with Crippen LogP contribution in [0.25, 0.3) is 0 Å². The van der Waals surface area contributed by atoms with Crippen LogP contribution < -0.4 is 15.4 Å². The van der Waals surface area contributed by atoms with Gasteiger partial charge >= 0.3 is 0 Å². The molecule has 0 bridgehead atoms. The fourth-order valence-corrected chi connectivity index (χ4v) is 4.10. The number of aliphatic imine (C=N–C) groups is 1. The minimum Gasteiger partial charge on any atom is -0.474 e. The largest absolute Gasteiger partial charge is 0.474 e. The average Bonchev–Trinajstić information content (AvgIpc) is 3.42. The van der Waals surface area contributed by atoms with Crippen molar-refractivity contribution in [3.05, 3.63) is 35.5 Å². The first-order valence-electron chi connectivity index (χ1n) is 11.3. The topological polar surface area (TPSA) is 98.5 Å². The molecule has 0 saturated heterocycles. The Labute approximate surface area is 183 Å². The number of pyridine rings is 1. The van der Waals surface area contributed by atoms with Gasteiger partial charge in [-0.2, -0.15) is 5.10 Å². The number of hydrogen-bond donors (Lipinski definition) is 2. The van der Waals surface area contributed by atoms with E-state index in [0.29, 0.717) is 25.1 Å². The van der Waals surface area contributed by atoms with E-state index in [2.05, 4.69) is 32.6 Å². The Morgan fingerprint density at radius 3 is 2.87 bits per heavy atom. The first-order chi connectivity index (χ1) is 15.2. The molecule has 2 aliphatic rings. The third-order valence-corrected chi connectivity index (χ3v) is 5.67. The lowest BCUT2D eigenvalue weighted by atomic mass is 10.1. The van der Waals surface area contributed by atoms with E-state index in [1.807, 2.05) is 23.0 Å². The molecule has 2 aromatic rings. The maximum atomic E-state index is 5.95. The van der Waals surface area contributed by atoms with Crippen LogP contribution in [0, 0.1) is 0 Å². The zero-order valence-electron chi connectivity index (χ0n) is 18.5. The highest BCUT2D eigenvalue weighted by Gasteiger charge is 2.22. The molecule has 0 radical (unpaired) electrons. The molecule has 0 amide bonds. The number of nitrogens with one attached hydrogen (secondary N) is 2. The number of rotatable bonds is 8. The van der Waals surface area contributed by atoms with Gasteiger partial charge in [-0.25, -0.2) is 19.6 Å². The fourth-order valence-electron chi connectivity index (χ4n) is 4.10. The number of methoxy groups -OCH3 is 1. The van der Waals surface area contributed by atoms with Crippen LogP contribution in [-0.2, 0) is 30.9 Å². The molecule has 1 unspecified atom stereocenters. The second-order valence-electron chi connectivity index (χ2n) is 8.16. The minimum absolute atomic E-state index is 0.253. The van der Waals surface area contributed by atoms with Crippen molar-refractivity contribution < 1.29 is 9.47 Å². The van der Waals surface area contributed by atoms with E-state index in [1.165, 1.54) is 12.8 Å². The summed E-state index contributed by atoms with van der Waals surface area (Å²) in [7, 11) is 1.66. The van der Waals surface area contributed by atoms with Crippen LogP contribution in [0.4, 0.5) is 0 Å². The van der Waals surface area contributed by atoms with Gasteiger partial charge in [-0.3, -0.25) is 0 Å². The van der Waals surface area contributed by atoms with Crippen LogP contribution in [0.3, 0.4) is 0 Å². The third kappa shape index (κ3) is 5.94.